The number of nitrogens with zero attached hydrogens (tertiary/aromatic N) is 4. The summed E-state index contributed by atoms with van der Waals surface area (Å²) < 4.78 is 2.03. The van der Waals surface area contributed by atoms with Gasteiger partial charge in [0, 0.05) is 43.2 Å². The van der Waals surface area contributed by atoms with Crippen LogP contribution in [0.4, 0.5) is 5.82 Å². The summed E-state index contributed by atoms with van der Waals surface area (Å²) in [6.45, 7) is 4.81. The summed E-state index contributed by atoms with van der Waals surface area (Å²) in [6.07, 6.45) is 6.44. The van der Waals surface area contributed by atoms with Gasteiger partial charge >= 0.3 is 0 Å². The Hall–Kier alpha value is -2.69. The molecule has 0 aliphatic carbocycles. The van der Waals surface area contributed by atoms with Gasteiger partial charge in [-0.1, -0.05) is 0 Å². The number of rotatable bonds is 3. The Labute approximate surface area is 147 Å². The van der Waals surface area contributed by atoms with Crippen LogP contribution in [-0.2, 0) is 7.05 Å². The van der Waals surface area contributed by atoms with E-state index in [9.17, 15) is 4.79 Å². The second-order valence-corrected chi connectivity index (χ2v) is 6.91. The van der Waals surface area contributed by atoms with Crippen molar-refractivity contribution in [1.29, 1.82) is 0 Å². The second kappa shape index (κ2) is 5.99. The highest BCUT2D eigenvalue weighted by Crippen LogP contribution is 2.34. The lowest BCUT2D eigenvalue weighted by Crippen LogP contribution is -2.28. The van der Waals surface area contributed by atoms with E-state index in [0.717, 1.165) is 34.7 Å². The highest BCUT2D eigenvalue weighted by atomic mass is 16.1. The molecule has 0 N–H and O–H groups in total. The summed E-state index contributed by atoms with van der Waals surface area (Å²) >= 11 is 0. The molecule has 5 heteroatoms. The third-order valence-electron chi connectivity index (χ3n) is 4.98. The fraction of sp³-hybridized carbons (Fsp3) is 0.350. The van der Waals surface area contributed by atoms with Crippen molar-refractivity contribution >= 4 is 22.6 Å². The number of carbonyl (C=O) groups is 1. The van der Waals surface area contributed by atoms with Gasteiger partial charge in [-0.2, -0.15) is 0 Å². The summed E-state index contributed by atoms with van der Waals surface area (Å²) in [4.78, 5) is 23.9. The predicted molar refractivity (Wildman–Crippen MR) is 100.0 cm³/mol. The minimum Gasteiger partial charge on any atom is -0.357 e. The van der Waals surface area contributed by atoms with Crippen LogP contribution in [-0.4, -0.2) is 32.9 Å². The Bertz CT molecular complexity index is 959. The number of anilines is 1. The van der Waals surface area contributed by atoms with Gasteiger partial charge in [0.1, 0.15) is 5.69 Å². The molecule has 1 aliphatic rings. The standard InChI is InChI=1S/C20H22N4O/c1-13-5-4-9-24(13)20-19(16-8-10-23(3)12-16)21-17-7-6-15(14(2)25)11-18(17)22-20/h6-8,10-13H,4-5,9H2,1-3H3/t13-/m0/s1. The summed E-state index contributed by atoms with van der Waals surface area (Å²) in [7, 11) is 2.01. The molecule has 25 heavy (non-hydrogen) atoms. The van der Waals surface area contributed by atoms with Gasteiger partial charge in [0.15, 0.2) is 11.6 Å². The quantitative estimate of drug-likeness (QED) is 0.683. The van der Waals surface area contributed by atoms with E-state index in [1.165, 1.54) is 12.8 Å². The van der Waals surface area contributed by atoms with Gasteiger partial charge in [-0.25, -0.2) is 9.97 Å². The van der Waals surface area contributed by atoms with E-state index < -0.39 is 0 Å². The lowest BCUT2D eigenvalue weighted by Gasteiger charge is -2.24. The van der Waals surface area contributed by atoms with Crippen LogP contribution in [0.15, 0.2) is 36.7 Å². The van der Waals surface area contributed by atoms with E-state index in [4.69, 9.17) is 9.97 Å². The first-order valence-corrected chi connectivity index (χ1v) is 8.74. The molecule has 0 saturated carbocycles. The van der Waals surface area contributed by atoms with E-state index in [1.807, 2.05) is 36.0 Å². The van der Waals surface area contributed by atoms with Gasteiger partial charge in [0.2, 0.25) is 0 Å². The van der Waals surface area contributed by atoms with E-state index in [1.54, 1.807) is 6.92 Å². The zero-order valence-electron chi connectivity index (χ0n) is 14.9. The summed E-state index contributed by atoms with van der Waals surface area (Å²) in [6, 6.07) is 8.09. The van der Waals surface area contributed by atoms with E-state index in [-0.39, 0.29) is 5.78 Å². The van der Waals surface area contributed by atoms with Gasteiger partial charge < -0.3 is 9.47 Å². The molecule has 128 valence electrons. The minimum absolute atomic E-state index is 0.0481. The van der Waals surface area contributed by atoms with E-state index in [0.29, 0.717) is 11.6 Å². The molecule has 1 fully saturated rings. The van der Waals surface area contributed by atoms with Crippen molar-refractivity contribution in [2.75, 3.05) is 11.4 Å². The van der Waals surface area contributed by atoms with Crippen molar-refractivity contribution in [1.82, 2.24) is 14.5 Å². The van der Waals surface area contributed by atoms with Crippen molar-refractivity contribution in [2.45, 2.75) is 32.7 Å². The number of aromatic nitrogens is 3. The number of Topliss-reactive ketones (excluding diaryl/α,β-unsaturated/α-hetero) is 1. The average molecular weight is 334 g/mol. The molecule has 5 nitrogen and oxygen atoms in total. The van der Waals surface area contributed by atoms with Gasteiger partial charge in [-0.15, -0.1) is 0 Å². The van der Waals surface area contributed by atoms with Crippen molar-refractivity contribution < 1.29 is 4.79 Å². The van der Waals surface area contributed by atoms with Crippen LogP contribution in [0.2, 0.25) is 0 Å². The molecule has 0 spiro atoms. The summed E-state index contributed by atoms with van der Waals surface area (Å²) in [5.74, 6) is 0.969. The van der Waals surface area contributed by atoms with Crippen LogP contribution in [0.1, 0.15) is 37.0 Å². The number of hydrogen-bond donors (Lipinski definition) is 0. The van der Waals surface area contributed by atoms with E-state index >= 15 is 0 Å². The smallest absolute Gasteiger partial charge is 0.159 e. The number of carbonyl (C=O) groups excluding carboxylic acids is 1. The largest absolute Gasteiger partial charge is 0.357 e. The monoisotopic (exact) mass is 334 g/mol. The van der Waals surface area contributed by atoms with Gasteiger partial charge in [-0.3, -0.25) is 4.79 Å². The fourth-order valence-corrected chi connectivity index (χ4v) is 3.55. The van der Waals surface area contributed by atoms with Gasteiger partial charge in [0.25, 0.3) is 0 Å². The Morgan fingerprint density at radius 1 is 1.20 bits per heavy atom. The molecule has 1 atom stereocenters. The maximum Gasteiger partial charge on any atom is 0.159 e. The molecule has 1 saturated heterocycles. The Balaban J connectivity index is 1.94. The highest BCUT2D eigenvalue weighted by molar-refractivity contribution is 5.97. The SMILES string of the molecule is CC(=O)c1ccc2nc(-c3ccn(C)c3)c(N3CCC[C@@H]3C)nc2c1. The molecule has 0 amide bonds. The molecule has 3 aromatic rings. The van der Waals surface area contributed by atoms with Crippen molar-refractivity contribution in [3.8, 4) is 11.3 Å². The number of aryl methyl sites for hydroxylation is 1. The Morgan fingerprint density at radius 2 is 2.04 bits per heavy atom. The van der Waals surface area contributed by atoms with Crippen LogP contribution in [0, 0.1) is 0 Å². The Morgan fingerprint density at radius 3 is 2.68 bits per heavy atom. The molecule has 2 aromatic heterocycles. The molecule has 3 heterocycles. The van der Waals surface area contributed by atoms with Crippen LogP contribution >= 0.6 is 0 Å². The van der Waals surface area contributed by atoms with Gasteiger partial charge in [-0.05, 0) is 51.0 Å². The third-order valence-corrected chi connectivity index (χ3v) is 4.98. The predicted octanol–water partition coefficient (Wildman–Crippen LogP) is 3.83. The number of fused-ring (bicyclic) bond motifs is 1. The molecule has 4 rings (SSSR count). The topological polar surface area (TPSA) is 51.0 Å². The zero-order chi connectivity index (χ0) is 17.6. The fourth-order valence-electron chi connectivity index (χ4n) is 3.55. The maximum atomic E-state index is 11.7. The lowest BCUT2D eigenvalue weighted by molar-refractivity contribution is 0.101. The average Bonchev–Trinajstić information content (AvgIpc) is 3.21. The summed E-state index contributed by atoms with van der Waals surface area (Å²) in [5.41, 5.74) is 4.26. The normalized spacial score (nSPS) is 17.4. The van der Waals surface area contributed by atoms with Crippen LogP contribution in [0.3, 0.4) is 0 Å². The Kier molecular flexibility index (Phi) is 3.79. The zero-order valence-corrected chi connectivity index (χ0v) is 14.9. The first-order chi connectivity index (χ1) is 12.0. The van der Waals surface area contributed by atoms with Crippen molar-refractivity contribution in [3.05, 3.63) is 42.2 Å². The van der Waals surface area contributed by atoms with Gasteiger partial charge in [0.05, 0.1) is 11.0 Å². The number of ketones is 1. The molecule has 1 aromatic carbocycles. The molecule has 0 bridgehead atoms. The third kappa shape index (κ3) is 2.80. The van der Waals surface area contributed by atoms with Crippen LogP contribution < -0.4 is 4.90 Å². The first-order valence-electron chi connectivity index (χ1n) is 8.74. The van der Waals surface area contributed by atoms with Crippen molar-refractivity contribution in [2.24, 2.45) is 7.05 Å². The van der Waals surface area contributed by atoms with Crippen LogP contribution in [0.25, 0.3) is 22.3 Å². The van der Waals surface area contributed by atoms with Crippen molar-refractivity contribution in [3.63, 3.8) is 0 Å². The highest BCUT2D eigenvalue weighted by Gasteiger charge is 2.26. The molecule has 0 unspecified atom stereocenters. The molecular formula is C20H22N4O. The van der Waals surface area contributed by atoms with Crippen LogP contribution in [0.5, 0.6) is 0 Å². The second-order valence-electron chi connectivity index (χ2n) is 6.91. The summed E-state index contributed by atoms with van der Waals surface area (Å²) in [5, 5.41) is 0. The van der Waals surface area contributed by atoms with E-state index in [2.05, 4.69) is 24.1 Å². The molecule has 1 aliphatic heterocycles. The molecular weight excluding hydrogens is 312 g/mol. The minimum atomic E-state index is 0.0481. The first kappa shape index (κ1) is 15.8. The lowest BCUT2D eigenvalue weighted by atomic mass is 10.1. The number of hydrogen-bond acceptors (Lipinski definition) is 4. The maximum absolute atomic E-state index is 11.7. The molecule has 0 radical (unpaired) electrons. The number of benzene rings is 1.